The number of aromatic amines is 2. The van der Waals surface area contributed by atoms with E-state index in [1.54, 1.807) is 12.4 Å². The second kappa shape index (κ2) is 15.4. The summed E-state index contributed by atoms with van der Waals surface area (Å²) in [4.78, 5) is 59.8. The van der Waals surface area contributed by atoms with Crippen LogP contribution in [0.5, 0.6) is 0 Å². The zero-order valence-corrected chi connectivity index (χ0v) is 27.0. The van der Waals surface area contributed by atoms with Crippen LogP contribution in [-0.2, 0) is 38.4 Å². The fraction of sp³-hybridized carbons (Fsp3) is 0.297. The lowest BCUT2D eigenvalue weighted by Gasteiger charge is -2.25. The number of hydrogen-bond acceptors (Lipinski definition) is 5. The third-order valence-corrected chi connectivity index (χ3v) is 8.42. The van der Waals surface area contributed by atoms with E-state index >= 15 is 0 Å². The Hall–Kier alpha value is -5.42. The predicted octanol–water partition coefficient (Wildman–Crippen LogP) is 3.59. The lowest BCUT2D eigenvalue weighted by Crippen LogP contribution is -2.58. The molecule has 0 spiro atoms. The summed E-state index contributed by atoms with van der Waals surface area (Å²) in [5.74, 6) is -2.77. The largest absolute Gasteiger partial charge is 0.480 e. The SMILES string of the molecule is CC(C)CC(N)C(=O)NC(Cc1c[nH]c2ccccc12)C(=O)NC(Cc1ccccc1)C(=O)NC(Cc1c[nH]c2ccccc12)C(=O)O. The zero-order valence-electron chi connectivity index (χ0n) is 27.0. The number of carbonyl (C=O) groups excluding carboxylic acids is 3. The molecule has 2 heterocycles. The molecule has 11 heteroatoms. The highest BCUT2D eigenvalue weighted by Crippen LogP contribution is 2.21. The average molecular weight is 651 g/mol. The number of rotatable bonds is 15. The van der Waals surface area contributed by atoms with Gasteiger partial charge in [0.25, 0.3) is 0 Å². The van der Waals surface area contributed by atoms with E-state index in [0.29, 0.717) is 6.42 Å². The highest BCUT2D eigenvalue weighted by molar-refractivity contribution is 5.95. The summed E-state index contributed by atoms with van der Waals surface area (Å²) < 4.78 is 0. The number of aromatic nitrogens is 2. The van der Waals surface area contributed by atoms with Gasteiger partial charge < -0.3 is 36.8 Å². The molecule has 3 aromatic carbocycles. The number of carbonyl (C=O) groups is 4. The number of fused-ring (bicyclic) bond motifs is 2. The van der Waals surface area contributed by atoms with Gasteiger partial charge in [-0.2, -0.15) is 0 Å². The molecule has 0 saturated heterocycles. The molecule has 8 N–H and O–H groups in total. The van der Waals surface area contributed by atoms with Gasteiger partial charge >= 0.3 is 5.97 Å². The van der Waals surface area contributed by atoms with Crippen LogP contribution in [0.15, 0.2) is 91.3 Å². The van der Waals surface area contributed by atoms with Gasteiger partial charge in [0.15, 0.2) is 0 Å². The standard InChI is InChI=1S/C37H42N6O5/c1-22(2)16-28(38)34(44)41-32(18-24-20-39-29-14-8-6-12-26(24)29)36(46)42-31(17-23-10-4-3-5-11-23)35(45)43-33(37(47)48)19-25-21-40-30-15-9-7-13-27(25)30/h3-15,20-22,28,31-33,39-40H,16-19,38H2,1-2H3,(H,41,44)(H,42,46)(H,43,45)(H,47,48). The van der Waals surface area contributed by atoms with Crippen molar-refractivity contribution in [2.75, 3.05) is 0 Å². The van der Waals surface area contributed by atoms with Crippen molar-refractivity contribution >= 4 is 45.5 Å². The van der Waals surface area contributed by atoms with Crippen molar-refractivity contribution in [1.29, 1.82) is 0 Å². The van der Waals surface area contributed by atoms with Crippen molar-refractivity contribution in [3.8, 4) is 0 Å². The molecule has 5 rings (SSSR count). The Morgan fingerprint density at radius 3 is 1.65 bits per heavy atom. The zero-order chi connectivity index (χ0) is 34.2. The fourth-order valence-electron chi connectivity index (χ4n) is 5.95. The lowest BCUT2D eigenvalue weighted by molar-refractivity contribution is -0.142. The molecule has 3 amide bonds. The Labute approximate surface area is 278 Å². The van der Waals surface area contributed by atoms with Crippen molar-refractivity contribution in [2.45, 2.75) is 63.7 Å². The number of para-hydroxylation sites is 2. The summed E-state index contributed by atoms with van der Waals surface area (Å²) in [6, 6.07) is 20.0. The molecule has 4 unspecified atom stereocenters. The molecule has 0 fully saturated rings. The number of nitrogens with two attached hydrogens (primary N) is 1. The molecule has 5 aromatic rings. The Kier molecular flexibility index (Phi) is 10.9. The minimum atomic E-state index is -1.26. The van der Waals surface area contributed by atoms with E-state index in [9.17, 15) is 24.3 Å². The molecule has 48 heavy (non-hydrogen) atoms. The van der Waals surface area contributed by atoms with Crippen LogP contribution < -0.4 is 21.7 Å². The van der Waals surface area contributed by atoms with Crippen molar-refractivity contribution in [1.82, 2.24) is 25.9 Å². The number of carboxylic acids is 1. The van der Waals surface area contributed by atoms with Gasteiger partial charge in [-0.3, -0.25) is 14.4 Å². The number of H-pyrrole nitrogens is 2. The van der Waals surface area contributed by atoms with E-state index < -0.39 is 47.9 Å². The highest BCUT2D eigenvalue weighted by atomic mass is 16.4. The maximum absolute atomic E-state index is 14.0. The molecule has 0 aliphatic heterocycles. The van der Waals surface area contributed by atoms with Gasteiger partial charge in [-0.25, -0.2) is 4.79 Å². The summed E-state index contributed by atoms with van der Waals surface area (Å²) in [5, 5.41) is 20.2. The van der Waals surface area contributed by atoms with Crippen LogP contribution >= 0.6 is 0 Å². The number of hydrogen-bond donors (Lipinski definition) is 7. The van der Waals surface area contributed by atoms with Gasteiger partial charge in [-0.05, 0) is 41.2 Å². The normalized spacial score (nSPS) is 13.9. The number of benzene rings is 3. The molecule has 0 aliphatic rings. The van der Waals surface area contributed by atoms with Gasteiger partial charge in [-0.1, -0.05) is 80.6 Å². The first kappa shape index (κ1) is 33.9. The molecular weight excluding hydrogens is 608 g/mol. The van der Waals surface area contributed by atoms with Crippen molar-refractivity contribution in [3.05, 3.63) is 108 Å². The van der Waals surface area contributed by atoms with Crippen LogP contribution in [0.2, 0.25) is 0 Å². The maximum Gasteiger partial charge on any atom is 0.326 e. The summed E-state index contributed by atoms with van der Waals surface area (Å²) >= 11 is 0. The van der Waals surface area contributed by atoms with E-state index in [-0.39, 0.29) is 25.2 Å². The van der Waals surface area contributed by atoms with E-state index in [0.717, 1.165) is 38.5 Å². The van der Waals surface area contributed by atoms with Gasteiger partial charge in [0.2, 0.25) is 17.7 Å². The van der Waals surface area contributed by atoms with Crippen LogP contribution in [0.3, 0.4) is 0 Å². The fourth-order valence-corrected chi connectivity index (χ4v) is 5.95. The summed E-state index contributed by atoms with van der Waals surface area (Å²) in [5.41, 5.74) is 10.2. The number of carboxylic acid groups (broad SMARTS) is 1. The maximum atomic E-state index is 14.0. The minimum absolute atomic E-state index is 0.0318. The van der Waals surface area contributed by atoms with E-state index in [4.69, 9.17) is 5.73 Å². The Bertz CT molecular complexity index is 1880. The molecule has 2 aromatic heterocycles. The quantitative estimate of drug-likeness (QED) is 0.0909. The molecule has 250 valence electrons. The molecule has 0 aliphatic carbocycles. The molecule has 11 nitrogen and oxygen atoms in total. The summed E-state index contributed by atoms with van der Waals surface area (Å²) in [6.07, 6.45) is 4.22. The monoisotopic (exact) mass is 650 g/mol. The van der Waals surface area contributed by atoms with E-state index in [1.165, 1.54) is 0 Å². The smallest absolute Gasteiger partial charge is 0.326 e. The van der Waals surface area contributed by atoms with Gasteiger partial charge in [-0.15, -0.1) is 0 Å². The topological polar surface area (TPSA) is 182 Å². The van der Waals surface area contributed by atoms with Gasteiger partial charge in [0.05, 0.1) is 6.04 Å². The molecule has 0 radical (unpaired) electrons. The third kappa shape index (κ3) is 8.48. The number of aliphatic carboxylic acids is 1. The Balaban J connectivity index is 1.39. The van der Waals surface area contributed by atoms with Crippen molar-refractivity contribution in [3.63, 3.8) is 0 Å². The molecular formula is C37H42N6O5. The first-order chi connectivity index (χ1) is 23.1. The lowest BCUT2D eigenvalue weighted by atomic mass is 10.00. The third-order valence-electron chi connectivity index (χ3n) is 8.42. The van der Waals surface area contributed by atoms with Gasteiger partial charge in [0.1, 0.15) is 18.1 Å². The predicted molar refractivity (Wildman–Crippen MR) is 185 cm³/mol. The summed E-state index contributed by atoms with van der Waals surface area (Å²) in [7, 11) is 0. The minimum Gasteiger partial charge on any atom is -0.480 e. The first-order valence-corrected chi connectivity index (χ1v) is 16.1. The second-order valence-electron chi connectivity index (χ2n) is 12.6. The first-order valence-electron chi connectivity index (χ1n) is 16.1. The number of amides is 3. The van der Waals surface area contributed by atoms with Crippen LogP contribution in [0.4, 0.5) is 0 Å². The number of nitrogens with one attached hydrogen (secondary N) is 5. The second-order valence-corrected chi connectivity index (χ2v) is 12.6. The molecule has 0 saturated carbocycles. The van der Waals surface area contributed by atoms with Gasteiger partial charge in [0, 0.05) is 53.5 Å². The van der Waals surface area contributed by atoms with E-state index in [1.807, 2.05) is 92.7 Å². The summed E-state index contributed by atoms with van der Waals surface area (Å²) in [6.45, 7) is 3.91. The van der Waals surface area contributed by atoms with Crippen molar-refractivity contribution < 1.29 is 24.3 Å². The Morgan fingerprint density at radius 1 is 0.646 bits per heavy atom. The molecule has 0 bridgehead atoms. The van der Waals surface area contributed by atoms with Crippen LogP contribution in [0.1, 0.15) is 37.0 Å². The van der Waals surface area contributed by atoms with Crippen LogP contribution in [0, 0.1) is 5.92 Å². The highest BCUT2D eigenvalue weighted by Gasteiger charge is 2.31. The molecule has 4 atom stereocenters. The average Bonchev–Trinajstić information content (AvgIpc) is 3.67. The van der Waals surface area contributed by atoms with Crippen LogP contribution in [0.25, 0.3) is 21.8 Å². The van der Waals surface area contributed by atoms with E-state index in [2.05, 4.69) is 25.9 Å². The van der Waals surface area contributed by atoms with Crippen LogP contribution in [-0.4, -0.2) is 62.9 Å². The Morgan fingerprint density at radius 2 is 1.10 bits per heavy atom. The van der Waals surface area contributed by atoms with Crippen molar-refractivity contribution in [2.24, 2.45) is 11.7 Å².